The van der Waals surface area contributed by atoms with E-state index in [0.29, 0.717) is 6.10 Å². The van der Waals surface area contributed by atoms with Crippen LogP contribution in [0.4, 0.5) is 11.4 Å². The highest BCUT2D eigenvalue weighted by Gasteiger charge is 2.23. The summed E-state index contributed by atoms with van der Waals surface area (Å²) < 4.78 is 5.82. The number of benzene rings is 2. The van der Waals surface area contributed by atoms with E-state index in [9.17, 15) is 0 Å². The second-order valence-electron chi connectivity index (χ2n) is 8.07. The van der Waals surface area contributed by atoms with Gasteiger partial charge in [-0.25, -0.2) is 0 Å². The van der Waals surface area contributed by atoms with Crippen LogP contribution in [0.5, 0.6) is 0 Å². The molecule has 5 rings (SSSR count). The summed E-state index contributed by atoms with van der Waals surface area (Å²) in [4.78, 5) is 4.89. The van der Waals surface area contributed by atoms with Gasteiger partial charge >= 0.3 is 0 Å². The molecule has 0 bridgehead atoms. The molecule has 2 fully saturated rings. The van der Waals surface area contributed by atoms with Gasteiger partial charge in [-0.15, -0.1) is 0 Å². The number of likely N-dealkylation sites (N-methyl/N-ethyl adjacent to an activating group) is 1. The van der Waals surface area contributed by atoms with Crippen LogP contribution in [-0.2, 0) is 11.2 Å². The summed E-state index contributed by atoms with van der Waals surface area (Å²) in [5, 5.41) is 0. The fraction of sp³-hybridized carbons (Fsp3) is 0.478. The van der Waals surface area contributed by atoms with Gasteiger partial charge in [-0.3, -0.25) is 0 Å². The maximum absolute atomic E-state index is 5.82. The summed E-state index contributed by atoms with van der Waals surface area (Å²) in [7, 11) is 2.19. The van der Waals surface area contributed by atoms with E-state index in [1.807, 2.05) is 0 Å². The van der Waals surface area contributed by atoms with Gasteiger partial charge in [0.2, 0.25) is 0 Å². The lowest BCUT2D eigenvalue weighted by molar-refractivity contribution is 0.116. The molecule has 2 saturated heterocycles. The predicted molar refractivity (Wildman–Crippen MR) is 108 cm³/mol. The van der Waals surface area contributed by atoms with E-state index < -0.39 is 0 Å². The molecule has 0 saturated carbocycles. The van der Waals surface area contributed by atoms with Gasteiger partial charge in [0, 0.05) is 44.7 Å². The average Bonchev–Trinajstić information content (AvgIpc) is 3.41. The average molecular weight is 348 g/mol. The van der Waals surface area contributed by atoms with Gasteiger partial charge in [0.1, 0.15) is 0 Å². The van der Waals surface area contributed by atoms with Crippen LogP contribution in [0, 0.1) is 0 Å². The maximum atomic E-state index is 5.82. The van der Waals surface area contributed by atoms with Crippen LogP contribution in [0.3, 0.4) is 0 Å². The van der Waals surface area contributed by atoms with Crippen molar-refractivity contribution in [3.05, 3.63) is 47.5 Å². The fourth-order valence-electron chi connectivity index (χ4n) is 4.75. The minimum Gasteiger partial charge on any atom is -0.376 e. The van der Waals surface area contributed by atoms with Gasteiger partial charge in [0.25, 0.3) is 0 Å². The molecule has 0 amide bonds. The van der Waals surface area contributed by atoms with E-state index in [1.54, 1.807) is 0 Å². The largest absolute Gasteiger partial charge is 0.376 e. The van der Waals surface area contributed by atoms with Crippen LogP contribution in [0.1, 0.15) is 36.8 Å². The fourth-order valence-corrected chi connectivity index (χ4v) is 4.75. The van der Waals surface area contributed by atoms with Crippen molar-refractivity contribution in [3.8, 4) is 11.1 Å². The molecule has 1 aliphatic carbocycles. The molecule has 0 radical (unpaired) electrons. The van der Waals surface area contributed by atoms with Crippen molar-refractivity contribution < 1.29 is 4.74 Å². The lowest BCUT2D eigenvalue weighted by Crippen LogP contribution is -2.28. The number of nitrogens with zero attached hydrogens (tertiary/aromatic N) is 2. The molecular formula is C23H28N2O. The van der Waals surface area contributed by atoms with E-state index in [1.165, 1.54) is 72.4 Å². The molecule has 1 atom stereocenters. The van der Waals surface area contributed by atoms with Crippen LogP contribution in [-0.4, -0.2) is 39.4 Å². The van der Waals surface area contributed by atoms with Crippen molar-refractivity contribution in [3.63, 3.8) is 0 Å². The summed E-state index contributed by atoms with van der Waals surface area (Å²) in [6.45, 7) is 4.32. The summed E-state index contributed by atoms with van der Waals surface area (Å²) >= 11 is 0. The van der Waals surface area contributed by atoms with Crippen LogP contribution in [0.2, 0.25) is 0 Å². The highest BCUT2D eigenvalue weighted by atomic mass is 16.5. The third kappa shape index (κ3) is 2.88. The smallest absolute Gasteiger partial charge is 0.0750 e. The third-order valence-electron chi connectivity index (χ3n) is 6.27. The normalized spacial score (nSPS) is 21.1. The Hall–Kier alpha value is -2.00. The molecule has 2 aromatic rings. The number of anilines is 2. The van der Waals surface area contributed by atoms with E-state index in [4.69, 9.17) is 4.74 Å². The molecule has 3 nitrogen and oxygen atoms in total. The van der Waals surface area contributed by atoms with Gasteiger partial charge in [-0.1, -0.05) is 12.1 Å². The van der Waals surface area contributed by atoms with Crippen molar-refractivity contribution in [2.24, 2.45) is 0 Å². The van der Waals surface area contributed by atoms with Gasteiger partial charge in [-0.2, -0.15) is 0 Å². The zero-order valence-corrected chi connectivity index (χ0v) is 15.7. The molecule has 26 heavy (non-hydrogen) atoms. The Morgan fingerprint density at radius 2 is 1.77 bits per heavy atom. The molecule has 2 aromatic carbocycles. The first-order valence-corrected chi connectivity index (χ1v) is 10.1. The molecular weight excluding hydrogens is 320 g/mol. The van der Waals surface area contributed by atoms with Gasteiger partial charge in [0.05, 0.1) is 6.10 Å². The van der Waals surface area contributed by atoms with E-state index >= 15 is 0 Å². The predicted octanol–water partition coefficient (Wildman–Crippen LogP) is 4.47. The molecule has 3 heteroatoms. The Balaban J connectivity index is 1.43. The Morgan fingerprint density at radius 1 is 1.00 bits per heavy atom. The summed E-state index contributed by atoms with van der Waals surface area (Å²) in [5.41, 5.74) is 8.51. The first-order valence-electron chi connectivity index (χ1n) is 10.1. The van der Waals surface area contributed by atoms with E-state index in [0.717, 1.165) is 19.6 Å². The van der Waals surface area contributed by atoms with E-state index in [2.05, 4.69) is 53.2 Å². The van der Waals surface area contributed by atoms with Crippen molar-refractivity contribution in [1.29, 1.82) is 0 Å². The van der Waals surface area contributed by atoms with Crippen LogP contribution in [0.15, 0.2) is 36.4 Å². The minimum atomic E-state index is 0.391. The maximum Gasteiger partial charge on any atom is 0.0750 e. The Morgan fingerprint density at radius 3 is 2.54 bits per heavy atom. The molecule has 0 N–H and O–H groups in total. The zero-order chi connectivity index (χ0) is 17.5. The van der Waals surface area contributed by atoms with Gasteiger partial charge in [0.15, 0.2) is 0 Å². The number of fused-ring (bicyclic) bond motifs is 3. The lowest BCUT2D eigenvalue weighted by Gasteiger charge is -2.23. The number of hydrogen-bond donors (Lipinski definition) is 0. The first kappa shape index (κ1) is 16.2. The molecule has 0 aromatic heterocycles. The van der Waals surface area contributed by atoms with Crippen LogP contribution < -0.4 is 9.80 Å². The molecule has 136 valence electrons. The summed E-state index contributed by atoms with van der Waals surface area (Å²) in [6.07, 6.45) is 6.51. The second kappa shape index (κ2) is 6.62. The molecule has 2 aliphatic heterocycles. The van der Waals surface area contributed by atoms with Crippen LogP contribution in [0.25, 0.3) is 11.1 Å². The molecule has 3 aliphatic rings. The summed E-state index contributed by atoms with van der Waals surface area (Å²) in [6, 6.07) is 14.1. The topological polar surface area (TPSA) is 15.7 Å². The van der Waals surface area contributed by atoms with Crippen molar-refractivity contribution in [2.75, 3.05) is 43.1 Å². The number of rotatable bonds is 4. The zero-order valence-electron chi connectivity index (χ0n) is 15.7. The minimum absolute atomic E-state index is 0.391. The third-order valence-corrected chi connectivity index (χ3v) is 6.27. The highest BCUT2D eigenvalue weighted by Crippen LogP contribution is 2.41. The number of hydrogen-bond acceptors (Lipinski definition) is 3. The van der Waals surface area contributed by atoms with Crippen LogP contribution >= 0.6 is 0 Å². The van der Waals surface area contributed by atoms with Gasteiger partial charge < -0.3 is 14.5 Å². The number of ether oxygens (including phenoxy) is 1. The first-order chi connectivity index (χ1) is 12.8. The lowest BCUT2D eigenvalue weighted by atomic mass is 10.0. The monoisotopic (exact) mass is 348 g/mol. The van der Waals surface area contributed by atoms with Gasteiger partial charge in [-0.05, 0) is 78.6 Å². The molecule has 1 unspecified atom stereocenters. The van der Waals surface area contributed by atoms with Crippen molar-refractivity contribution in [2.45, 2.75) is 38.2 Å². The highest BCUT2D eigenvalue weighted by molar-refractivity contribution is 5.82. The molecule has 2 heterocycles. The molecule has 0 spiro atoms. The second-order valence-corrected chi connectivity index (χ2v) is 8.07. The Bertz CT molecular complexity index is 804. The standard InChI is InChI=1S/C23H28N2O/c1-24(16-21-5-4-12-26-21)19-8-6-17-13-18-7-9-20(25-10-2-3-11-25)15-23(18)22(17)14-19/h6-9,14-15,21H,2-5,10-13,16H2,1H3. The summed E-state index contributed by atoms with van der Waals surface area (Å²) in [5.74, 6) is 0. The quantitative estimate of drug-likeness (QED) is 0.692. The van der Waals surface area contributed by atoms with Crippen molar-refractivity contribution >= 4 is 11.4 Å². The van der Waals surface area contributed by atoms with E-state index in [-0.39, 0.29) is 0 Å². The van der Waals surface area contributed by atoms with Crippen molar-refractivity contribution in [1.82, 2.24) is 0 Å². The SMILES string of the molecule is CN(CC1CCCO1)c1ccc2c(c1)-c1cc(N3CCCC3)ccc1C2. The Labute approximate surface area is 156 Å². The Kier molecular flexibility index (Phi) is 4.12.